The minimum atomic E-state index is -0.778. The largest absolute Gasteiger partial charge is 0.357 e. The van der Waals surface area contributed by atoms with Gasteiger partial charge in [-0.1, -0.05) is 30.7 Å². The summed E-state index contributed by atoms with van der Waals surface area (Å²) in [6.45, 7) is 7.92. The van der Waals surface area contributed by atoms with E-state index < -0.39 is 5.54 Å². The third kappa shape index (κ3) is 6.51. The number of rotatable bonds is 8. The molecule has 3 N–H and O–H groups in total. The number of nitrogens with one attached hydrogen (secondary N) is 3. The molecule has 9 heteroatoms. The van der Waals surface area contributed by atoms with Crippen molar-refractivity contribution in [3.63, 3.8) is 0 Å². The standard InChI is InChI=1S/C19H28ClN5O2.HI/c1-4-19(3)16(26)25(18(27)24-19)12-6-11-22-17(21-5-2)23-13-14-7-9-15(20)10-8-14;/h7-10H,4-6,11-13H2,1-3H3,(H,24,27)(H2,21,22,23);1H. The highest BCUT2D eigenvalue weighted by Crippen LogP contribution is 2.20. The molecule has 7 nitrogen and oxygen atoms in total. The van der Waals surface area contributed by atoms with Crippen LogP contribution in [-0.4, -0.2) is 48.0 Å². The molecule has 0 spiro atoms. The zero-order valence-corrected chi connectivity index (χ0v) is 19.6. The number of aliphatic imine (C=N–C) groups is 1. The number of carbonyl (C=O) groups excluding carboxylic acids is 2. The van der Waals surface area contributed by atoms with Crippen LogP contribution in [0.15, 0.2) is 29.3 Å². The molecule has 1 aliphatic rings. The van der Waals surface area contributed by atoms with E-state index in [-0.39, 0.29) is 35.9 Å². The molecule has 28 heavy (non-hydrogen) atoms. The lowest BCUT2D eigenvalue weighted by Crippen LogP contribution is -2.43. The summed E-state index contributed by atoms with van der Waals surface area (Å²) in [4.78, 5) is 30.2. The number of hydrogen-bond acceptors (Lipinski definition) is 3. The number of amides is 3. The second-order valence-corrected chi connectivity index (χ2v) is 7.11. The first kappa shape index (κ1) is 24.5. The average molecular weight is 522 g/mol. The van der Waals surface area contributed by atoms with Gasteiger partial charge in [0.15, 0.2) is 5.96 Å². The van der Waals surface area contributed by atoms with Crippen LogP contribution in [0.3, 0.4) is 0 Å². The SMILES string of the molecule is CCNC(=NCc1ccc(Cl)cc1)NCCCN1C(=O)NC(C)(CC)C1=O.I. The fourth-order valence-electron chi connectivity index (χ4n) is 2.74. The molecule has 156 valence electrons. The summed E-state index contributed by atoms with van der Waals surface area (Å²) in [6, 6.07) is 7.26. The van der Waals surface area contributed by atoms with Gasteiger partial charge in [-0.25, -0.2) is 9.79 Å². The van der Waals surface area contributed by atoms with Crippen LogP contribution in [0.1, 0.15) is 39.2 Å². The van der Waals surface area contributed by atoms with Gasteiger partial charge in [-0.15, -0.1) is 24.0 Å². The zero-order valence-electron chi connectivity index (χ0n) is 16.5. The van der Waals surface area contributed by atoms with Crippen LogP contribution >= 0.6 is 35.6 Å². The van der Waals surface area contributed by atoms with E-state index in [0.29, 0.717) is 43.5 Å². The first-order chi connectivity index (χ1) is 12.9. The van der Waals surface area contributed by atoms with Gasteiger partial charge in [0, 0.05) is 24.7 Å². The van der Waals surface area contributed by atoms with Crippen molar-refractivity contribution in [2.75, 3.05) is 19.6 Å². The summed E-state index contributed by atoms with van der Waals surface area (Å²) in [5.41, 5.74) is 0.286. The normalized spacial score (nSPS) is 19.3. The van der Waals surface area contributed by atoms with Crippen LogP contribution in [0.4, 0.5) is 4.79 Å². The maximum atomic E-state index is 12.4. The van der Waals surface area contributed by atoms with Crippen molar-refractivity contribution in [1.82, 2.24) is 20.9 Å². The smallest absolute Gasteiger partial charge is 0.325 e. The average Bonchev–Trinajstić information content (AvgIpc) is 2.87. The van der Waals surface area contributed by atoms with Gasteiger partial charge in [-0.2, -0.15) is 0 Å². The quantitative estimate of drug-likeness (QED) is 0.161. The third-order valence-corrected chi connectivity index (χ3v) is 4.83. The van der Waals surface area contributed by atoms with E-state index in [9.17, 15) is 9.59 Å². The van der Waals surface area contributed by atoms with Gasteiger partial charge in [0.2, 0.25) is 0 Å². The number of imide groups is 1. The van der Waals surface area contributed by atoms with E-state index in [1.807, 2.05) is 38.1 Å². The summed E-state index contributed by atoms with van der Waals surface area (Å²) >= 11 is 5.89. The van der Waals surface area contributed by atoms with Crippen LogP contribution in [-0.2, 0) is 11.3 Å². The Kier molecular flexibility index (Phi) is 10.0. The van der Waals surface area contributed by atoms with Crippen molar-refractivity contribution in [1.29, 1.82) is 0 Å². The maximum Gasteiger partial charge on any atom is 0.325 e. The number of benzene rings is 1. The summed E-state index contributed by atoms with van der Waals surface area (Å²) in [7, 11) is 0. The van der Waals surface area contributed by atoms with Crippen LogP contribution in [0.25, 0.3) is 0 Å². The maximum absolute atomic E-state index is 12.4. The van der Waals surface area contributed by atoms with Crippen molar-refractivity contribution < 1.29 is 9.59 Å². The summed E-state index contributed by atoms with van der Waals surface area (Å²) in [5, 5.41) is 9.88. The predicted molar refractivity (Wildman–Crippen MR) is 123 cm³/mol. The number of guanidine groups is 1. The molecule has 0 radical (unpaired) electrons. The lowest BCUT2D eigenvalue weighted by Gasteiger charge is -2.19. The van der Waals surface area contributed by atoms with E-state index in [4.69, 9.17) is 11.6 Å². The Balaban J connectivity index is 0.00000392. The van der Waals surface area contributed by atoms with Crippen LogP contribution in [0.2, 0.25) is 5.02 Å². The van der Waals surface area contributed by atoms with Crippen molar-refractivity contribution in [2.45, 2.75) is 45.7 Å². The van der Waals surface area contributed by atoms with Crippen LogP contribution in [0.5, 0.6) is 0 Å². The van der Waals surface area contributed by atoms with E-state index in [2.05, 4.69) is 20.9 Å². The van der Waals surface area contributed by atoms with E-state index >= 15 is 0 Å². The van der Waals surface area contributed by atoms with Crippen molar-refractivity contribution in [2.24, 2.45) is 4.99 Å². The third-order valence-electron chi connectivity index (χ3n) is 4.58. The second kappa shape index (κ2) is 11.5. The fourth-order valence-corrected chi connectivity index (χ4v) is 2.86. The van der Waals surface area contributed by atoms with Gasteiger partial charge in [0.1, 0.15) is 5.54 Å². The molecule has 1 aromatic carbocycles. The number of hydrogen-bond donors (Lipinski definition) is 3. The summed E-state index contributed by atoms with van der Waals surface area (Å²) in [6.07, 6.45) is 1.22. The molecule has 2 rings (SSSR count). The first-order valence-corrected chi connectivity index (χ1v) is 9.68. The highest BCUT2D eigenvalue weighted by atomic mass is 127. The lowest BCUT2D eigenvalue weighted by molar-refractivity contribution is -0.130. The number of nitrogens with zero attached hydrogens (tertiary/aromatic N) is 2. The summed E-state index contributed by atoms with van der Waals surface area (Å²) in [5.74, 6) is 0.543. The van der Waals surface area contributed by atoms with Gasteiger partial charge in [-0.05, 0) is 44.4 Å². The highest BCUT2D eigenvalue weighted by molar-refractivity contribution is 14.0. The Bertz CT molecular complexity index is 698. The number of carbonyl (C=O) groups is 2. The molecule has 1 unspecified atom stereocenters. The molecule has 0 aliphatic carbocycles. The number of halogens is 2. The van der Waals surface area contributed by atoms with Crippen LogP contribution < -0.4 is 16.0 Å². The lowest BCUT2D eigenvalue weighted by atomic mass is 9.99. The molecule has 1 atom stereocenters. The highest BCUT2D eigenvalue weighted by Gasteiger charge is 2.45. The molecule has 3 amide bonds. The van der Waals surface area contributed by atoms with E-state index in [1.165, 1.54) is 4.90 Å². The Hall–Kier alpha value is -1.55. The van der Waals surface area contributed by atoms with Gasteiger partial charge in [-0.3, -0.25) is 9.69 Å². The molecule has 1 saturated heterocycles. The molecule has 1 fully saturated rings. The Morgan fingerprint density at radius 1 is 1.21 bits per heavy atom. The molecule has 1 heterocycles. The van der Waals surface area contributed by atoms with Crippen molar-refractivity contribution in [3.05, 3.63) is 34.9 Å². The van der Waals surface area contributed by atoms with E-state index in [0.717, 1.165) is 12.1 Å². The van der Waals surface area contributed by atoms with E-state index in [1.54, 1.807) is 6.92 Å². The molecule has 0 saturated carbocycles. The minimum Gasteiger partial charge on any atom is -0.357 e. The first-order valence-electron chi connectivity index (χ1n) is 9.30. The predicted octanol–water partition coefficient (Wildman–Crippen LogP) is 3.12. The zero-order chi connectivity index (χ0) is 19.9. The minimum absolute atomic E-state index is 0. The van der Waals surface area contributed by atoms with Gasteiger partial charge >= 0.3 is 6.03 Å². The fraction of sp³-hybridized carbons (Fsp3) is 0.526. The van der Waals surface area contributed by atoms with Crippen molar-refractivity contribution in [3.8, 4) is 0 Å². The molecule has 0 bridgehead atoms. The monoisotopic (exact) mass is 521 g/mol. The topological polar surface area (TPSA) is 85.8 Å². The molecular weight excluding hydrogens is 493 g/mol. The van der Waals surface area contributed by atoms with Gasteiger partial charge in [0.25, 0.3) is 5.91 Å². The Morgan fingerprint density at radius 3 is 2.46 bits per heavy atom. The van der Waals surface area contributed by atoms with Crippen LogP contribution in [0, 0.1) is 0 Å². The van der Waals surface area contributed by atoms with Crippen molar-refractivity contribution >= 4 is 53.5 Å². The molecule has 1 aliphatic heterocycles. The molecule has 1 aromatic rings. The van der Waals surface area contributed by atoms with Gasteiger partial charge in [0.05, 0.1) is 6.54 Å². The Labute approximate surface area is 188 Å². The second-order valence-electron chi connectivity index (χ2n) is 6.67. The Morgan fingerprint density at radius 2 is 1.89 bits per heavy atom. The number of urea groups is 1. The molecular formula is C19H29ClIN5O2. The van der Waals surface area contributed by atoms with Gasteiger partial charge < -0.3 is 16.0 Å². The molecule has 0 aromatic heterocycles. The summed E-state index contributed by atoms with van der Waals surface area (Å²) < 4.78 is 0.